The van der Waals surface area contributed by atoms with E-state index < -0.39 is 5.97 Å². The van der Waals surface area contributed by atoms with Gasteiger partial charge in [0, 0.05) is 16.6 Å². The number of fused-ring (bicyclic) bond motifs is 1. The normalized spacial score (nSPS) is 10.6. The van der Waals surface area contributed by atoms with Crippen molar-refractivity contribution in [3.05, 3.63) is 29.5 Å². The Kier molecular flexibility index (Phi) is 4.16. The summed E-state index contributed by atoms with van der Waals surface area (Å²) in [6, 6.07) is 4.64. The summed E-state index contributed by atoms with van der Waals surface area (Å²) in [7, 11) is 1.29. The maximum Gasteiger partial charge on any atom is 0.340 e. The lowest BCUT2D eigenvalue weighted by atomic mass is 10.1. The highest BCUT2D eigenvalue weighted by Crippen LogP contribution is 2.29. The van der Waals surface area contributed by atoms with Crippen LogP contribution in [0.5, 0.6) is 5.75 Å². The summed E-state index contributed by atoms with van der Waals surface area (Å²) >= 11 is 0. The van der Waals surface area contributed by atoms with Crippen molar-refractivity contribution in [2.75, 3.05) is 13.7 Å². The van der Waals surface area contributed by atoms with Crippen molar-refractivity contribution in [1.82, 2.24) is 4.57 Å². The molecule has 6 heteroatoms. The summed E-state index contributed by atoms with van der Waals surface area (Å²) in [5, 5.41) is 10.2. The van der Waals surface area contributed by atoms with Gasteiger partial charge in [0.25, 0.3) is 0 Å². The van der Waals surface area contributed by atoms with Crippen LogP contribution < -0.4 is 0 Å². The molecule has 0 aliphatic carbocycles. The first-order valence-electron chi connectivity index (χ1n) is 6.55. The molecule has 0 aliphatic rings. The molecule has 0 saturated heterocycles. The molecule has 1 heterocycles. The number of hydrogen-bond donors (Lipinski definition) is 1. The van der Waals surface area contributed by atoms with E-state index in [9.17, 15) is 14.7 Å². The number of rotatable bonds is 4. The molecule has 0 fully saturated rings. The molecular formula is C15H17NO5. The molecule has 0 bridgehead atoms. The van der Waals surface area contributed by atoms with Gasteiger partial charge in [0.1, 0.15) is 12.3 Å². The van der Waals surface area contributed by atoms with Crippen molar-refractivity contribution in [2.45, 2.75) is 20.4 Å². The maximum atomic E-state index is 12.0. The Morgan fingerprint density at radius 1 is 1.33 bits per heavy atom. The fourth-order valence-corrected chi connectivity index (χ4v) is 2.37. The molecule has 2 rings (SSSR count). The first-order chi connectivity index (χ1) is 9.99. The Bertz CT molecular complexity index is 702. The third-order valence-corrected chi connectivity index (χ3v) is 3.29. The van der Waals surface area contributed by atoms with Gasteiger partial charge in [0.05, 0.1) is 19.3 Å². The third-order valence-electron chi connectivity index (χ3n) is 3.29. The lowest BCUT2D eigenvalue weighted by Gasteiger charge is -2.07. The van der Waals surface area contributed by atoms with E-state index >= 15 is 0 Å². The monoisotopic (exact) mass is 291 g/mol. The lowest BCUT2D eigenvalue weighted by Crippen LogP contribution is -2.15. The summed E-state index contributed by atoms with van der Waals surface area (Å²) in [4.78, 5) is 23.7. The summed E-state index contributed by atoms with van der Waals surface area (Å²) < 4.78 is 11.4. The highest BCUT2D eigenvalue weighted by Gasteiger charge is 2.22. The minimum absolute atomic E-state index is 0.00204. The van der Waals surface area contributed by atoms with E-state index in [2.05, 4.69) is 0 Å². The zero-order chi connectivity index (χ0) is 15.6. The molecule has 21 heavy (non-hydrogen) atoms. The summed E-state index contributed by atoms with van der Waals surface area (Å²) in [6.07, 6.45) is 0. The predicted molar refractivity (Wildman–Crippen MR) is 76.3 cm³/mol. The molecule has 0 radical (unpaired) electrons. The van der Waals surface area contributed by atoms with E-state index in [-0.39, 0.29) is 18.3 Å². The number of ether oxygens (including phenoxy) is 2. The SMILES string of the molecule is CCOC(=O)Cn1c(C)c(C(=O)OC)c2cc(O)ccc21. The van der Waals surface area contributed by atoms with Gasteiger partial charge in [0.15, 0.2) is 0 Å². The van der Waals surface area contributed by atoms with Gasteiger partial charge in [-0.2, -0.15) is 0 Å². The molecule has 112 valence electrons. The topological polar surface area (TPSA) is 77.8 Å². The first kappa shape index (κ1) is 14.9. The molecule has 0 spiro atoms. The maximum absolute atomic E-state index is 12.0. The van der Waals surface area contributed by atoms with Gasteiger partial charge < -0.3 is 19.1 Å². The zero-order valence-electron chi connectivity index (χ0n) is 12.2. The first-order valence-corrected chi connectivity index (χ1v) is 6.55. The molecule has 0 atom stereocenters. The van der Waals surface area contributed by atoms with Crippen molar-refractivity contribution < 1.29 is 24.2 Å². The van der Waals surface area contributed by atoms with Crippen molar-refractivity contribution >= 4 is 22.8 Å². The van der Waals surface area contributed by atoms with Gasteiger partial charge in [-0.3, -0.25) is 4.79 Å². The number of carbonyl (C=O) groups is 2. The number of hydrogen-bond acceptors (Lipinski definition) is 5. The van der Waals surface area contributed by atoms with E-state index in [1.807, 2.05) is 0 Å². The molecule has 0 unspecified atom stereocenters. The number of carbonyl (C=O) groups excluding carboxylic acids is 2. The largest absolute Gasteiger partial charge is 0.508 e. The fourth-order valence-electron chi connectivity index (χ4n) is 2.37. The molecule has 0 saturated carbocycles. The molecular weight excluding hydrogens is 274 g/mol. The number of benzene rings is 1. The Morgan fingerprint density at radius 3 is 2.67 bits per heavy atom. The summed E-state index contributed by atoms with van der Waals surface area (Å²) in [6.45, 7) is 3.75. The zero-order valence-corrected chi connectivity index (χ0v) is 12.2. The Morgan fingerprint density at radius 2 is 2.05 bits per heavy atom. The average molecular weight is 291 g/mol. The second-order valence-electron chi connectivity index (χ2n) is 4.54. The van der Waals surface area contributed by atoms with Crippen LogP contribution in [0.15, 0.2) is 18.2 Å². The van der Waals surface area contributed by atoms with Crippen LogP contribution in [-0.4, -0.2) is 35.3 Å². The van der Waals surface area contributed by atoms with Gasteiger partial charge in [0.2, 0.25) is 0 Å². The van der Waals surface area contributed by atoms with Crippen molar-refractivity contribution in [3.8, 4) is 5.75 Å². The van der Waals surface area contributed by atoms with E-state index in [0.717, 1.165) is 0 Å². The summed E-state index contributed by atoms with van der Waals surface area (Å²) in [5.41, 5.74) is 1.60. The lowest BCUT2D eigenvalue weighted by molar-refractivity contribution is -0.143. The quantitative estimate of drug-likeness (QED) is 0.872. The van der Waals surface area contributed by atoms with Crippen LogP contribution in [0.1, 0.15) is 23.0 Å². The second-order valence-corrected chi connectivity index (χ2v) is 4.54. The minimum atomic E-state index is -0.509. The van der Waals surface area contributed by atoms with Crippen LogP contribution in [0.4, 0.5) is 0 Å². The second kappa shape index (κ2) is 5.87. The van der Waals surface area contributed by atoms with Crippen LogP contribution >= 0.6 is 0 Å². The molecule has 2 aromatic rings. The van der Waals surface area contributed by atoms with E-state index in [0.29, 0.717) is 28.8 Å². The molecule has 6 nitrogen and oxygen atoms in total. The van der Waals surface area contributed by atoms with Crippen LogP contribution in [-0.2, 0) is 20.8 Å². The van der Waals surface area contributed by atoms with E-state index in [4.69, 9.17) is 9.47 Å². The Hall–Kier alpha value is -2.50. The number of phenolic OH excluding ortho intramolecular Hbond substituents is 1. The van der Waals surface area contributed by atoms with Crippen molar-refractivity contribution in [3.63, 3.8) is 0 Å². The number of phenols is 1. The van der Waals surface area contributed by atoms with Crippen molar-refractivity contribution in [2.24, 2.45) is 0 Å². The third kappa shape index (κ3) is 2.69. The Balaban J connectivity index is 2.62. The smallest absolute Gasteiger partial charge is 0.340 e. The molecule has 1 aromatic heterocycles. The van der Waals surface area contributed by atoms with Crippen molar-refractivity contribution in [1.29, 1.82) is 0 Å². The molecule has 0 aliphatic heterocycles. The van der Waals surface area contributed by atoms with Gasteiger partial charge in [-0.15, -0.1) is 0 Å². The molecule has 0 amide bonds. The predicted octanol–water partition coefficient (Wildman–Crippen LogP) is 2.01. The molecule has 1 aromatic carbocycles. The minimum Gasteiger partial charge on any atom is -0.508 e. The van der Waals surface area contributed by atoms with Crippen LogP contribution in [0.3, 0.4) is 0 Å². The number of aromatic hydroxyl groups is 1. The van der Waals surface area contributed by atoms with Crippen LogP contribution in [0, 0.1) is 6.92 Å². The number of esters is 2. The number of nitrogens with zero attached hydrogens (tertiary/aromatic N) is 1. The van der Waals surface area contributed by atoms with Crippen LogP contribution in [0.25, 0.3) is 10.9 Å². The van der Waals surface area contributed by atoms with Gasteiger partial charge in [-0.1, -0.05) is 0 Å². The Labute approximate surface area is 121 Å². The van der Waals surface area contributed by atoms with Gasteiger partial charge >= 0.3 is 11.9 Å². The summed E-state index contributed by atoms with van der Waals surface area (Å²) in [5.74, 6) is -0.853. The standard InChI is InChI=1S/C15H17NO5/c1-4-21-13(18)8-16-9(2)14(15(19)20-3)11-7-10(17)5-6-12(11)16/h5-7,17H,4,8H2,1-3H3. The molecule has 1 N–H and O–H groups in total. The van der Waals surface area contributed by atoms with E-state index in [1.165, 1.54) is 19.2 Å². The van der Waals surface area contributed by atoms with E-state index in [1.54, 1.807) is 24.5 Å². The highest BCUT2D eigenvalue weighted by atomic mass is 16.5. The van der Waals surface area contributed by atoms with Crippen LogP contribution in [0.2, 0.25) is 0 Å². The average Bonchev–Trinajstić information content (AvgIpc) is 2.70. The van der Waals surface area contributed by atoms with Gasteiger partial charge in [-0.25, -0.2) is 4.79 Å². The number of aromatic nitrogens is 1. The fraction of sp³-hybridized carbons (Fsp3) is 0.333. The van der Waals surface area contributed by atoms with Gasteiger partial charge in [-0.05, 0) is 32.0 Å². The number of methoxy groups -OCH3 is 1. The highest BCUT2D eigenvalue weighted by molar-refractivity contribution is 6.06.